The van der Waals surface area contributed by atoms with E-state index in [0.717, 1.165) is 37.9 Å². The number of amides is 1. The summed E-state index contributed by atoms with van der Waals surface area (Å²) in [6.45, 7) is 5.96. The van der Waals surface area contributed by atoms with Gasteiger partial charge in [0.1, 0.15) is 0 Å². The largest absolute Gasteiger partial charge is 0.353 e. The number of benzene rings is 1. The van der Waals surface area contributed by atoms with Crippen molar-refractivity contribution in [2.45, 2.75) is 51.6 Å². The number of nitrogens with one attached hydrogen (secondary N) is 1. The van der Waals surface area contributed by atoms with Gasteiger partial charge in [0.2, 0.25) is 17.6 Å². The van der Waals surface area contributed by atoms with Crippen molar-refractivity contribution in [2.75, 3.05) is 13.1 Å². The van der Waals surface area contributed by atoms with Crippen molar-refractivity contribution < 1.29 is 9.32 Å². The quantitative estimate of drug-likeness (QED) is 0.873. The summed E-state index contributed by atoms with van der Waals surface area (Å²) in [5, 5.41) is 7.23. The highest BCUT2D eigenvalue weighted by Crippen LogP contribution is 2.25. The lowest BCUT2D eigenvalue weighted by molar-refractivity contribution is -0.122. The Balaban J connectivity index is 1.55. The summed E-state index contributed by atoms with van der Waals surface area (Å²) in [6, 6.07) is 10.2. The molecular formula is C19H26N4O2. The summed E-state index contributed by atoms with van der Waals surface area (Å²) in [4.78, 5) is 18.6. The lowest BCUT2D eigenvalue weighted by Gasteiger charge is -2.34. The van der Waals surface area contributed by atoms with Crippen LogP contribution in [0.2, 0.25) is 0 Å². The molecule has 1 saturated heterocycles. The maximum absolute atomic E-state index is 11.7. The molecule has 1 atom stereocenters. The third-order valence-electron chi connectivity index (χ3n) is 4.75. The molecule has 25 heavy (non-hydrogen) atoms. The number of piperidine rings is 1. The minimum absolute atomic E-state index is 0.0808. The van der Waals surface area contributed by atoms with Gasteiger partial charge in [-0.25, -0.2) is 0 Å². The average Bonchev–Trinajstić information content (AvgIpc) is 3.13. The Morgan fingerprint density at radius 2 is 2.04 bits per heavy atom. The van der Waals surface area contributed by atoms with E-state index in [1.165, 1.54) is 0 Å². The molecule has 1 aliphatic heterocycles. The van der Waals surface area contributed by atoms with E-state index < -0.39 is 0 Å². The number of aromatic nitrogens is 2. The number of hydrogen-bond acceptors (Lipinski definition) is 5. The molecule has 6 heteroatoms. The molecule has 1 N–H and O–H groups in total. The highest BCUT2D eigenvalue weighted by molar-refractivity contribution is 5.76. The van der Waals surface area contributed by atoms with E-state index in [1.807, 2.05) is 37.3 Å². The van der Waals surface area contributed by atoms with E-state index in [-0.39, 0.29) is 18.0 Å². The standard InChI is InChI=1S/C19H26N4O2/c1-3-7-17(24)20-16-10-12-23(13-11-16)14(2)19-21-18(22-25-19)15-8-5-4-6-9-15/h4-6,8-9,14,16H,3,7,10-13H2,1-2H3,(H,20,24)/t14-/m1/s1. The number of likely N-dealkylation sites (tertiary alicyclic amines) is 1. The first-order valence-electron chi connectivity index (χ1n) is 9.09. The van der Waals surface area contributed by atoms with Crippen molar-refractivity contribution in [2.24, 2.45) is 0 Å². The number of rotatable bonds is 6. The van der Waals surface area contributed by atoms with Crippen molar-refractivity contribution >= 4 is 5.91 Å². The number of hydrogen-bond donors (Lipinski definition) is 1. The topological polar surface area (TPSA) is 71.3 Å². The van der Waals surface area contributed by atoms with E-state index in [9.17, 15) is 4.79 Å². The van der Waals surface area contributed by atoms with E-state index in [2.05, 4.69) is 27.3 Å². The second kappa shape index (κ2) is 8.25. The lowest BCUT2D eigenvalue weighted by atomic mass is 10.0. The van der Waals surface area contributed by atoms with E-state index in [0.29, 0.717) is 18.1 Å². The third kappa shape index (κ3) is 4.45. The Kier molecular flexibility index (Phi) is 5.81. The summed E-state index contributed by atoms with van der Waals surface area (Å²) in [6.07, 6.45) is 3.42. The van der Waals surface area contributed by atoms with Crippen LogP contribution in [0.1, 0.15) is 51.5 Å². The zero-order chi connectivity index (χ0) is 17.6. The van der Waals surface area contributed by atoms with Crippen LogP contribution in [0.3, 0.4) is 0 Å². The van der Waals surface area contributed by atoms with E-state index in [4.69, 9.17) is 4.52 Å². The highest BCUT2D eigenvalue weighted by Gasteiger charge is 2.27. The monoisotopic (exact) mass is 342 g/mol. The van der Waals surface area contributed by atoms with Crippen LogP contribution in [-0.4, -0.2) is 40.1 Å². The van der Waals surface area contributed by atoms with Gasteiger partial charge >= 0.3 is 0 Å². The molecule has 3 rings (SSSR count). The van der Waals surface area contributed by atoms with Gasteiger partial charge in [0.05, 0.1) is 6.04 Å². The predicted octanol–water partition coefficient (Wildman–Crippen LogP) is 3.18. The first kappa shape index (κ1) is 17.6. The average molecular weight is 342 g/mol. The molecule has 0 aliphatic carbocycles. The molecule has 0 radical (unpaired) electrons. The molecule has 0 bridgehead atoms. The van der Waals surface area contributed by atoms with Crippen LogP contribution in [0.25, 0.3) is 11.4 Å². The molecule has 2 aromatic rings. The van der Waals surface area contributed by atoms with Crippen LogP contribution in [0.4, 0.5) is 0 Å². The molecule has 1 aromatic heterocycles. The Labute approximate surface area is 148 Å². The van der Waals surface area contributed by atoms with Crippen LogP contribution in [0.15, 0.2) is 34.9 Å². The Morgan fingerprint density at radius 1 is 1.32 bits per heavy atom. The van der Waals surface area contributed by atoms with Crippen LogP contribution in [-0.2, 0) is 4.79 Å². The molecule has 0 spiro atoms. The highest BCUT2D eigenvalue weighted by atomic mass is 16.5. The first-order chi connectivity index (χ1) is 12.2. The molecule has 6 nitrogen and oxygen atoms in total. The van der Waals surface area contributed by atoms with Gasteiger partial charge in [-0.05, 0) is 26.2 Å². The second-order valence-corrected chi connectivity index (χ2v) is 6.63. The van der Waals surface area contributed by atoms with Gasteiger partial charge in [-0.1, -0.05) is 42.4 Å². The molecular weight excluding hydrogens is 316 g/mol. The van der Waals surface area contributed by atoms with Gasteiger partial charge in [-0.2, -0.15) is 4.98 Å². The van der Waals surface area contributed by atoms with Crippen LogP contribution in [0, 0.1) is 0 Å². The Hall–Kier alpha value is -2.21. The Morgan fingerprint density at radius 3 is 2.72 bits per heavy atom. The normalized spacial score (nSPS) is 17.4. The molecule has 0 unspecified atom stereocenters. The van der Waals surface area contributed by atoms with Crippen molar-refractivity contribution in [3.63, 3.8) is 0 Å². The van der Waals surface area contributed by atoms with Crippen molar-refractivity contribution in [1.82, 2.24) is 20.4 Å². The van der Waals surface area contributed by atoms with Gasteiger partial charge in [-0.15, -0.1) is 0 Å². The smallest absolute Gasteiger partial charge is 0.244 e. The molecule has 0 saturated carbocycles. The first-order valence-corrected chi connectivity index (χ1v) is 9.09. The predicted molar refractivity (Wildman–Crippen MR) is 95.8 cm³/mol. The van der Waals surface area contributed by atoms with E-state index >= 15 is 0 Å². The van der Waals surface area contributed by atoms with Gasteiger partial charge < -0.3 is 9.84 Å². The number of carbonyl (C=O) groups is 1. The maximum Gasteiger partial charge on any atom is 0.244 e. The molecule has 1 amide bonds. The van der Waals surface area contributed by atoms with Crippen LogP contribution >= 0.6 is 0 Å². The van der Waals surface area contributed by atoms with Gasteiger partial charge in [0.25, 0.3) is 0 Å². The third-order valence-corrected chi connectivity index (χ3v) is 4.75. The molecule has 1 aromatic carbocycles. The number of nitrogens with zero attached hydrogens (tertiary/aromatic N) is 3. The molecule has 134 valence electrons. The summed E-state index contributed by atoms with van der Waals surface area (Å²) >= 11 is 0. The number of carbonyl (C=O) groups excluding carboxylic acids is 1. The fourth-order valence-corrected chi connectivity index (χ4v) is 3.22. The van der Waals surface area contributed by atoms with Crippen LogP contribution in [0.5, 0.6) is 0 Å². The zero-order valence-electron chi connectivity index (χ0n) is 14.9. The van der Waals surface area contributed by atoms with Crippen molar-refractivity contribution in [1.29, 1.82) is 0 Å². The molecule has 2 heterocycles. The lowest BCUT2D eigenvalue weighted by Crippen LogP contribution is -2.45. The minimum atomic E-state index is 0.0808. The van der Waals surface area contributed by atoms with E-state index in [1.54, 1.807) is 0 Å². The van der Waals surface area contributed by atoms with Crippen LogP contribution < -0.4 is 5.32 Å². The fraction of sp³-hybridized carbons (Fsp3) is 0.526. The zero-order valence-corrected chi connectivity index (χ0v) is 14.9. The van der Waals surface area contributed by atoms with Crippen molar-refractivity contribution in [3.05, 3.63) is 36.2 Å². The maximum atomic E-state index is 11.7. The minimum Gasteiger partial charge on any atom is -0.353 e. The van der Waals surface area contributed by atoms with Gasteiger partial charge in [-0.3, -0.25) is 9.69 Å². The molecule has 1 aliphatic rings. The van der Waals surface area contributed by atoms with Gasteiger partial charge in [0.15, 0.2) is 0 Å². The summed E-state index contributed by atoms with van der Waals surface area (Å²) in [7, 11) is 0. The summed E-state index contributed by atoms with van der Waals surface area (Å²) in [5.74, 6) is 1.44. The SMILES string of the molecule is CCCC(=O)NC1CCN([C@H](C)c2nc(-c3ccccc3)no2)CC1. The summed E-state index contributed by atoms with van der Waals surface area (Å²) < 4.78 is 5.48. The Bertz CT molecular complexity index is 678. The van der Waals surface area contributed by atoms with Gasteiger partial charge in [0, 0.05) is 31.1 Å². The summed E-state index contributed by atoms with van der Waals surface area (Å²) in [5.41, 5.74) is 0.960. The van der Waals surface area contributed by atoms with Crippen molar-refractivity contribution in [3.8, 4) is 11.4 Å². The molecule has 1 fully saturated rings. The second-order valence-electron chi connectivity index (χ2n) is 6.63. The fourth-order valence-electron chi connectivity index (χ4n) is 3.22.